The molecule has 0 bridgehead atoms. The van der Waals surface area contributed by atoms with Crippen molar-refractivity contribution in [2.45, 2.75) is 5.16 Å². The van der Waals surface area contributed by atoms with Crippen molar-refractivity contribution in [1.82, 2.24) is 9.97 Å². The lowest BCUT2D eigenvalue weighted by atomic mass is 10.3. The van der Waals surface area contributed by atoms with Gasteiger partial charge in [-0.1, -0.05) is 35.0 Å². The van der Waals surface area contributed by atoms with E-state index in [1.165, 1.54) is 18.9 Å². The van der Waals surface area contributed by atoms with Crippen molar-refractivity contribution < 1.29 is 9.53 Å². The topological polar surface area (TPSA) is 76.1 Å². The molecule has 0 saturated carbocycles. The predicted octanol–water partition coefficient (Wildman–Crippen LogP) is 3.73. The van der Waals surface area contributed by atoms with Crippen LogP contribution in [0.2, 0.25) is 10.2 Å². The number of hydrogen-bond donors (Lipinski definition) is 2. The molecule has 0 amide bonds. The maximum absolute atomic E-state index is 11.8. The second kappa shape index (κ2) is 7.53. The van der Waals surface area contributed by atoms with Crippen molar-refractivity contribution in [1.29, 1.82) is 0 Å². The number of thioether (sulfide) groups is 1. The number of carbonyl (C=O) groups is 1. The Balaban J connectivity index is 2.29. The minimum absolute atomic E-state index is 0.0200. The average molecular weight is 359 g/mol. The Bertz CT molecular complexity index is 682. The van der Waals surface area contributed by atoms with Crippen molar-refractivity contribution >= 4 is 52.4 Å². The van der Waals surface area contributed by atoms with Crippen LogP contribution in [-0.4, -0.2) is 29.3 Å². The van der Waals surface area contributed by atoms with Crippen molar-refractivity contribution in [2.24, 2.45) is 0 Å². The molecule has 2 N–H and O–H groups in total. The Kier molecular flexibility index (Phi) is 5.70. The smallest absolute Gasteiger partial charge is 0.344 e. The standard InChI is InChI=1S/C13H12Cl2N4O2S/c1-21-12(20)9-10(15)16-13(22-2)17-11(9)19-18-8-5-3-7(14)4-6-8/h3-6,18H,1-2H3,(H,16,17,19). The summed E-state index contributed by atoms with van der Waals surface area (Å²) in [6, 6.07) is 7.00. The zero-order chi connectivity index (χ0) is 16.1. The van der Waals surface area contributed by atoms with Gasteiger partial charge in [-0.2, -0.15) is 0 Å². The molecule has 1 aromatic heterocycles. The molecule has 1 aromatic carbocycles. The molecule has 0 atom stereocenters. The van der Waals surface area contributed by atoms with E-state index in [2.05, 4.69) is 20.8 Å². The van der Waals surface area contributed by atoms with Gasteiger partial charge in [-0.15, -0.1) is 0 Å². The summed E-state index contributed by atoms with van der Waals surface area (Å²) in [5.74, 6) is -0.399. The summed E-state index contributed by atoms with van der Waals surface area (Å²) >= 11 is 13.2. The zero-order valence-electron chi connectivity index (χ0n) is 11.7. The molecule has 2 rings (SSSR count). The second-order valence-electron chi connectivity index (χ2n) is 3.97. The fourth-order valence-electron chi connectivity index (χ4n) is 1.54. The van der Waals surface area contributed by atoms with Gasteiger partial charge >= 0.3 is 5.97 Å². The molecule has 0 radical (unpaired) electrons. The van der Waals surface area contributed by atoms with Crippen LogP contribution in [0, 0.1) is 0 Å². The van der Waals surface area contributed by atoms with Crippen molar-refractivity contribution in [3.63, 3.8) is 0 Å². The molecule has 22 heavy (non-hydrogen) atoms. The van der Waals surface area contributed by atoms with Gasteiger partial charge in [0, 0.05) is 5.02 Å². The summed E-state index contributed by atoms with van der Waals surface area (Å²) in [6.45, 7) is 0. The van der Waals surface area contributed by atoms with Gasteiger partial charge in [0.25, 0.3) is 0 Å². The van der Waals surface area contributed by atoms with E-state index in [4.69, 9.17) is 27.9 Å². The van der Waals surface area contributed by atoms with Crippen LogP contribution in [0.15, 0.2) is 29.4 Å². The number of hydrazine groups is 1. The monoisotopic (exact) mass is 358 g/mol. The highest BCUT2D eigenvalue weighted by atomic mass is 35.5. The van der Waals surface area contributed by atoms with Crippen molar-refractivity contribution in [3.05, 3.63) is 40.0 Å². The highest BCUT2D eigenvalue weighted by molar-refractivity contribution is 7.98. The van der Waals surface area contributed by atoms with Gasteiger partial charge < -0.3 is 4.74 Å². The highest BCUT2D eigenvalue weighted by Crippen LogP contribution is 2.25. The molecule has 9 heteroatoms. The molecule has 0 saturated heterocycles. The summed E-state index contributed by atoms with van der Waals surface area (Å²) in [4.78, 5) is 20.1. The number of halogens is 2. The van der Waals surface area contributed by atoms with Crippen LogP contribution in [0.3, 0.4) is 0 Å². The zero-order valence-corrected chi connectivity index (χ0v) is 14.0. The number of rotatable bonds is 5. The Morgan fingerprint density at radius 2 is 1.86 bits per heavy atom. The van der Waals surface area contributed by atoms with Crippen LogP contribution in [0.25, 0.3) is 0 Å². The number of methoxy groups -OCH3 is 1. The SMILES string of the molecule is COC(=O)c1c(Cl)nc(SC)nc1NNc1ccc(Cl)cc1. The fourth-order valence-corrected chi connectivity index (χ4v) is 2.33. The average Bonchev–Trinajstić information content (AvgIpc) is 2.53. The molecule has 0 unspecified atom stereocenters. The fraction of sp³-hybridized carbons (Fsp3) is 0.154. The van der Waals surface area contributed by atoms with Gasteiger partial charge in [-0.05, 0) is 30.5 Å². The molecule has 2 aromatic rings. The molecule has 0 fully saturated rings. The first-order valence-electron chi connectivity index (χ1n) is 6.02. The van der Waals surface area contributed by atoms with Gasteiger partial charge in [0.15, 0.2) is 11.0 Å². The first-order chi connectivity index (χ1) is 10.5. The Labute approximate surface area is 141 Å². The molecule has 0 aliphatic rings. The Hall–Kier alpha value is -1.70. The second-order valence-corrected chi connectivity index (χ2v) is 5.54. The van der Waals surface area contributed by atoms with E-state index in [-0.39, 0.29) is 16.5 Å². The number of esters is 1. The number of benzene rings is 1. The number of anilines is 2. The first kappa shape index (κ1) is 16.7. The predicted molar refractivity (Wildman–Crippen MR) is 88.9 cm³/mol. The number of hydrogen-bond acceptors (Lipinski definition) is 7. The quantitative estimate of drug-likeness (QED) is 0.277. The van der Waals surface area contributed by atoms with Crippen molar-refractivity contribution in [3.8, 4) is 0 Å². The van der Waals surface area contributed by atoms with Crippen LogP contribution in [0.4, 0.5) is 11.5 Å². The van der Waals surface area contributed by atoms with E-state index in [1.54, 1.807) is 30.5 Å². The molecule has 0 aliphatic carbocycles. The van der Waals surface area contributed by atoms with E-state index in [9.17, 15) is 4.79 Å². The summed E-state index contributed by atoms with van der Waals surface area (Å²) in [6.07, 6.45) is 1.81. The molecule has 116 valence electrons. The van der Waals surface area contributed by atoms with Gasteiger partial charge in [0.2, 0.25) is 0 Å². The molecular weight excluding hydrogens is 347 g/mol. The van der Waals surface area contributed by atoms with E-state index in [0.717, 1.165) is 5.69 Å². The molecule has 6 nitrogen and oxygen atoms in total. The molecule has 0 spiro atoms. The molecule has 1 heterocycles. The number of carbonyl (C=O) groups excluding carboxylic acids is 1. The summed E-state index contributed by atoms with van der Waals surface area (Å²) in [5, 5.41) is 1.07. The maximum Gasteiger partial charge on any atom is 0.344 e. The summed E-state index contributed by atoms with van der Waals surface area (Å²) < 4.78 is 4.70. The number of ether oxygens (including phenoxy) is 1. The lowest BCUT2D eigenvalue weighted by Gasteiger charge is -2.13. The lowest BCUT2D eigenvalue weighted by Crippen LogP contribution is -2.16. The van der Waals surface area contributed by atoms with Crippen molar-refractivity contribution in [2.75, 3.05) is 24.2 Å². The largest absolute Gasteiger partial charge is 0.465 e. The summed E-state index contributed by atoms with van der Waals surface area (Å²) in [7, 11) is 1.26. The minimum Gasteiger partial charge on any atom is -0.465 e. The van der Waals surface area contributed by atoms with Crippen LogP contribution in [0.1, 0.15) is 10.4 Å². The van der Waals surface area contributed by atoms with E-state index < -0.39 is 5.97 Å². The number of nitrogens with one attached hydrogen (secondary N) is 2. The number of nitrogens with zero attached hydrogens (tertiary/aromatic N) is 2. The lowest BCUT2D eigenvalue weighted by molar-refractivity contribution is 0.0601. The van der Waals surface area contributed by atoms with Crippen LogP contribution in [0.5, 0.6) is 0 Å². The minimum atomic E-state index is -0.627. The molecule has 0 aliphatic heterocycles. The van der Waals surface area contributed by atoms with E-state index in [0.29, 0.717) is 10.2 Å². The van der Waals surface area contributed by atoms with Crippen LogP contribution >= 0.6 is 35.0 Å². The van der Waals surface area contributed by atoms with Gasteiger partial charge in [-0.3, -0.25) is 10.9 Å². The number of aromatic nitrogens is 2. The maximum atomic E-state index is 11.8. The van der Waals surface area contributed by atoms with Crippen LogP contribution in [-0.2, 0) is 4.74 Å². The van der Waals surface area contributed by atoms with Gasteiger partial charge in [0.1, 0.15) is 10.7 Å². The highest BCUT2D eigenvalue weighted by Gasteiger charge is 2.20. The normalized spacial score (nSPS) is 10.2. The third-order valence-electron chi connectivity index (χ3n) is 2.59. The summed E-state index contributed by atoms with van der Waals surface area (Å²) in [5.41, 5.74) is 6.54. The first-order valence-corrected chi connectivity index (χ1v) is 8.00. The van der Waals surface area contributed by atoms with E-state index >= 15 is 0 Å². The van der Waals surface area contributed by atoms with Gasteiger partial charge in [0.05, 0.1) is 12.8 Å². The Morgan fingerprint density at radius 3 is 2.45 bits per heavy atom. The van der Waals surface area contributed by atoms with Gasteiger partial charge in [-0.25, -0.2) is 14.8 Å². The molecular formula is C13H12Cl2N4O2S. The van der Waals surface area contributed by atoms with Crippen LogP contribution < -0.4 is 10.9 Å². The Morgan fingerprint density at radius 1 is 1.18 bits per heavy atom. The third kappa shape index (κ3) is 3.94. The van der Waals surface area contributed by atoms with E-state index in [1.807, 2.05) is 0 Å². The third-order valence-corrected chi connectivity index (χ3v) is 3.66.